The first kappa shape index (κ1) is 17.0. The molecule has 0 radical (unpaired) electrons. The zero-order valence-electron chi connectivity index (χ0n) is 14.3. The molecule has 0 bridgehead atoms. The van der Waals surface area contributed by atoms with Gasteiger partial charge in [-0.15, -0.1) is 0 Å². The van der Waals surface area contributed by atoms with Crippen LogP contribution in [0.25, 0.3) is 0 Å². The molecule has 0 saturated carbocycles. The standard InChI is InChI=1S/C17H26N4O3/c1-2-8-18-16(22)14-13-7-3-4-9-21(13)15(20-14)17(23)19-11-12-6-5-10-24-12/h12H,2-11H2,1H3,(H,18,22)(H,19,23). The quantitative estimate of drug-likeness (QED) is 0.820. The van der Waals surface area contributed by atoms with Crippen LogP contribution in [0.1, 0.15) is 65.8 Å². The van der Waals surface area contributed by atoms with Crippen molar-refractivity contribution in [1.82, 2.24) is 20.2 Å². The van der Waals surface area contributed by atoms with E-state index in [1.165, 1.54) is 0 Å². The summed E-state index contributed by atoms with van der Waals surface area (Å²) in [4.78, 5) is 29.3. The number of ether oxygens (including phenoxy) is 1. The van der Waals surface area contributed by atoms with Gasteiger partial charge in [0.15, 0.2) is 5.82 Å². The summed E-state index contributed by atoms with van der Waals surface area (Å²) in [7, 11) is 0. The smallest absolute Gasteiger partial charge is 0.287 e. The van der Waals surface area contributed by atoms with Crippen LogP contribution in [0.2, 0.25) is 0 Å². The van der Waals surface area contributed by atoms with Crippen LogP contribution in [0.15, 0.2) is 0 Å². The highest BCUT2D eigenvalue weighted by atomic mass is 16.5. The largest absolute Gasteiger partial charge is 0.376 e. The average molecular weight is 334 g/mol. The van der Waals surface area contributed by atoms with Crippen molar-refractivity contribution in [3.63, 3.8) is 0 Å². The zero-order valence-corrected chi connectivity index (χ0v) is 14.3. The van der Waals surface area contributed by atoms with E-state index in [2.05, 4.69) is 15.6 Å². The second-order valence-corrected chi connectivity index (χ2v) is 6.44. The Labute approximate surface area is 142 Å². The molecule has 2 amide bonds. The number of carbonyl (C=O) groups excluding carboxylic acids is 2. The molecule has 1 unspecified atom stereocenters. The van der Waals surface area contributed by atoms with Crippen LogP contribution in [0.4, 0.5) is 0 Å². The summed E-state index contributed by atoms with van der Waals surface area (Å²) in [6, 6.07) is 0. The first-order valence-corrected chi connectivity index (χ1v) is 8.98. The number of imidazole rings is 1. The highest BCUT2D eigenvalue weighted by Gasteiger charge is 2.27. The molecule has 0 spiro atoms. The van der Waals surface area contributed by atoms with E-state index in [1.54, 1.807) is 0 Å². The van der Waals surface area contributed by atoms with Gasteiger partial charge in [0.2, 0.25) is 0 Å². The molecule has 3 rings (SSSR count). The third kappa shape index (κ3) is 3.61. The molecule has 132 valence electrons. The number of nitrogens with one attached hydrogen (secondary N) is 2. The molecule has 1 aromatic heterocycles. The Kier molecular flexibility index (Phi) is 5.50. The van der Waals surface area contributed by atoms with Crippen molar-refractivity contribution in [2.24, 2.45) is 0 Å². The van der Waals surface area contributed by atoms with Crippen molar-refractivity contribution in [2.45, 2.75) is 58.1 Å². The van der Waals surface area contributed by atoms with Crippen molar-refractivity contribution in [1.29, 1.82) is 0 Å². The van der Waals surface area contributed by atoms with E-state index in [0.29, 0.717) is 24.6 Å². The normalized spacial score (nSPS) is 19.8. The summed E-state index contributed by atoms with van der Waals surface area (Å²) in [6.45, 7) is 4.63. The summed E-state index contributed by atoms with van der Waals surface area (Å²) < 4.78 is 7.45. The zero-order chi connectivity index (χ0) is 16.9. The van der Waals surface area contributed by atoms with Crippen molar-refractivity contribution in [3.05, 3.63) is 17.2 Å². The number of fused-ring (bicyclic) bond motifs is 1. The molecule has 1 saturated heterocycles. The van der Waals surface area contributed by atoms with E-state index in [9.17, 15) is 9.59 Å². The topological polar surface area (TPSA) is 85.2 Å². The Balaban J connectivity index is 1.75. The Morgan fingerprint density at radius 2 is 2.12 bits per heavy atom. The molecule has 0 aromatic carbocycles. The highest BCUT2D eigenvalue weighted by molar-refractivity contribution is 5.97. The van der Waals surface area contributed by atoms with E-state index < -0.39 is 0 Å². The lowest BCUT2D eigenvalue weighted by Gasteiger charge is -2.17. The number of amides is 2. The van der Waals surface area contributed by atoms with Gasteiger partial charge in [-0.1, -0.05) is 6.92 Å². The summed E-state index contributed by atoms with van der Waals surface area (Å²) in [5.74, 6) is -0.0480. The molecule has 1 aromatic rings. The van der Waals surface area contributed by atoms with Crippen LogP contribution < -0.4 is 10.6 Å². The maximum Gasteiger partial charge on any atom is 0.287 e. The molecular weight excluding hydrogens is 308 g/mol. The fourth-order valence-electron chi connectivity index (χ4n) is 3.31. The van der Waals surface area contributed by atoms with Crippen LogP contribution >= 0.6 is 0 Å². The Morgan fingerprint density at radius 3 is 2.88 bits per heavy atom. The molecule has 7 nitrogen and oxygen atoms in total. The molecule has 24 heavy (non-hydrogen) atoms. The summed E-state index contributed by atoms with van der Waals surface area (Å²) in [6.07, 6.45) is 5.81. The fourth-order valence-corrected chi connectivity index (χ4v) is 3.31. The maximum atomic E-state index is 12.5. The number of carbonyl (C=O) groups is 2. The minimum Gasteiger partial charge on any atom is -0.376 e. The average Bonchev–Trinajstić information content (AvgIpc) is 3.25. The van der Waals surface area contributed by atoms with Gasteiger partial charge in [-0.2, -0.15) is 0 Å². The van der Waals surface area contributed by atoms with Crippen LogP contribution in [0.5, 0.6) is 0 Å². The van der Waals surface area contributed by atoms with Crippen LogP contribution in [0, 0.1) is 0 Å². The van der Waals surface area contributed by atoms with Gasteiger partial charge in [-0.25, -0.2) is 4.98 Å². The van der Waals surface area contributed by atoms with Gasteiger partial charge in [0.1, 0.15) is 5.69 Å². The first-order valence-electron chi connectivity index (χ1n) is 8.98. The van der Waals surface area contributed by atoms with Crippen molar-refractivity contribution in [2.75, 3.05) is 19.7 Å². The van der Waals surface area contributed by atoms with Gasteiger partial charge in [0, 0.05) is 26.2 Å². The molecule has 1 atom stereocenters. The first-order chi connectivity index (χ1) is 11.7. The third-order valence-electron chi connectivity index (χ3n) is 4.59. The Bertz CT molecular complexity index is 605. The second-order valence-electron chi connectivity index (χ2n) is 6.44. The number of rotatable bonds is 6. The summed E-state index contributed by atoms with van der Waals surface area (Å²) in [5, 5.41) is 5.77. The van der Waals surface area contributed by atoms with Crippen molar-refractivity contribution in [3.8, 4) is 0 Å². The van der Waals surface area contributed by atoms with Crippen molar-refractivity contribution < 1.29 is 14.3 Å². The number of hydrogen-bond acceptors (Lipinski definition) is 4. The lowest BCUT2D eigenvalue weighted by atomic mass is 10.1. The van der Waals surface area contributed by atoms with Crippen molar-refractivity contribution >= 4 is 11.8 Å². The molecule has 2 N–H and O–H groups in total. The van der Waals surface area contributed by atoms with Gasteiger partial charge < -0.3 is 19.9 Å². The molecule has 2 aliphatic rings. The third-order valence-corrected chi connectivity index (χ3v) is 4.59. The van der Waals surface area contributed by atoms with E-state index in [1.807, 2.05) is 11.5 Å². The molecule has 0 aliphatic carbocycles. The van der Waals surface area contributed by atoms with E-state index in [0.717, 1.165) is 57.4 Å². The van der Waals surface area contributed by atoms with E-state index >= 15 is 0 Å². The predicted octanol–water partition coefficient (Wildman–Crippen LogP) is 1.27. The molecular formula is C17H26N4O3. The maximum absolute atomic E-state index is 12.5. The van der Waals surface area contributed by atoms with Gasteiger partial charge in [-0.3, -0.25) is 9.59 Å². The number of aromatic nitrogens is 2. The van der Waals surface area contributed by atoms with Crippen LogP contribution in [-0.4, -0.2) is 47.2 Å². The lowest BCUT2D eigenvalue weighted by Crippen LogP contribution is -2.34. The molecule has 1 fully saturated rings. The molecule has 3 heterocycles. The lowest BCUT2D eigenvalue weighted by molar-refractivity contribution is 0.0845. The Hall–Kier alpha value is -1.89. The molecule has 2 aliphatic heterocycles. The molecule has 7 heteroatoms. The summed E-state index contributed by atoms with van der Waals surface area (Å²) >= 11 is 0. The van der Waals surface area contributed by atoms with Gasteiger partial charge in [0.25, 0.3) is 11.8 Å². The van der Waals surface area contributed by atoms with Crippen LogP contribution in [0.3, 0.4) is 0 Å². The highest BCUT2D eigenvalue weighted by Crippen LogP contribution is 2.21. The van der Waals surface area contributed by atoms with E-state index in [-0.39, 0.29) is 17.9 Å². The monoisotopic (exact) mass is 334 g/mol. The van der Waals surface area contributed by atoms with Gasteiger partial charge in [-0.05, 0) is 38.5 Å². The minimum atomic E-state index is -0.219. The van der Waals surface area contributed by atoms with Gasteiger partial charge >= 0.3 is 0 Å². The Morgan fingerprint density at radius 1 is 1.25 bits per heavy atom. The van der Waals surface area contributed by atoms with E-state index in [4.69, 9.17) is 4.74 Å². The van der Waals surface area contributed by atoms with Gasteiger partial charge in [0.05, 0.1) is 11.8 Å². The summed E-state index contributed by atoms with van der Waals surface area (Å²) in [5.41, 5.74) is 1.29. The predicted molar refractivity (Wildman–Crippen MR) is 89.1 cm³/mol. The van der Waals surface area contributed by atoms with Crippen LogP contribution in [-0.2, 0) is 17.7 Å². The number of hydrogen-bond donors (Lipinski definition) is 2. The fraction of sp³-hybridized carbons (Fsp3) is 0.706. The SMILES string of the molecule is CCCNC(=O)c1nc(C(=O)NCC2CCCO2)n2c1CCCC2. The number of nitrogens with zero attached hydrogens (tertiary/aromatic N) is 2. The second kappa shape index (κ2) is 7.79. The minimum absolute atomic E-state index is 0.0945.